The number of thiophene rings is 1. The average Bonchev–Trinajstić information content (AvgIpc) is 2.65. The lowest BCUT2D eigenvalue weighted by Gasteiger charge is -2.05. The molecule has 0 spiro atoms. The van der Waals surface area contributed by atoms with Crippen LogP contribution in [0.3, 0.4) is 0 Å². The van der Waals surface area contributed by atoms with Gasteiger partial charge in [0.1, 0.15) is 0 Å². The second-order valence-corrected chi connectivity index (χ2v) is 4.84. The first-order chi connectivity index (χ1) is 7.22. The van der Waals surface area contributed by atoms with E-state index >= 15 is 0 Å². The van der Waals surface area contributed by atoms with Gasteiger partial charge in [-0.05, 0) is 39.9 Å². The number of aryl methyl sites for hydroxylation is 1. The van der Waals surface area contributed by atoms with Crippen molar-refractivity contribution in [1.29, 1.82) is 0 Å². The van der Waals surface area contributed by atoms with Gasteiger partial charge in [-0.3, -0.25) is 0 Å². The lowest BCUT2D eigenvalue weighted by atomic mass is 10.2. The third kappa shape index (κ3) is 2.03. The number of halogens is 1. The summed E-state index contributed by atoms with van der Waals surface area (Å²) in [5.74, 6) is 0.649. The number of nitrogens with one attached hydrogen (secondary N) is 1. The maximum Gasteiger partial charge on any atom is 0.222 e. The van der Waals surface area contributed by atoms with Crippen LogP contribution in [0.1, 0.15) is 5.56 Å². The highest BCUT2D eigenvalue weighted by Gasteiger charge is 2.10. The van der Waals surface area contributed by atoms with E-state index in [0.29, 0.717) is 5.95 Å². The number of anilines is 1. The molecular weight excluding hydrogens is 274 g/mol. The molecule has 3 nitrogen and oxygen atoms in total. The zero-order valence-corrected chi connectivity index (χ0v) is 10.8. The van der Waals surface area contributed by atoms with E-state index in [9.17, 15) is 0 Å². The van der Waals surface area contributed by atoms with Gasteiger partial charge in [0.25, 0.3) is 0 Å². The number of nitrogens with zero attached hydrogens (tertiary/aromatic N) is 2. The van der Waals surface area contributed by atoms with Crippen LogP contribution < -0.4 is 5.32 Å². The van der Waals surface area contributed by atoms with Crippen molar-refractivity contribution in [3.8, 4) is 10.6 Å². The van der Waals surface area contributed by atoms with Crippen molar-refractivity contribution in [2.45, 2.75) is 6.92 Å². The Labute approximate surface area is 101 Å². The Kier molecular flexibility index (Phi) is 3.02. The molecule has 0 aliphatic heterocycles. The average molecular weight is 284 g/mol. The molecule has 2 aromatic heterocycles. The van der Waals surface area contributed by atoms with Gasteiger partial charge in [-0.15, -0.1) is 11.3 Å². The fourth-order valence-corrected chi connectivity index (χ4v) is 2.87. The molecule has 1 N–H and O–H groups in total. The molecule has 0 aliphatic carbocycles. The molecule has 0 bridgehead atoms. The molecular formula is C10H10BrN3S. The molecule has 0 aliphatic rings. The molecule has 0 amide bonds. The van der Waals surface area contributed by atoms with E-state index in [1.807, 2.05) is 31.6 Å². The molecule has 0 saturated carbocycles. The van der Waals surface area contributed by atoms with Crippen molar-refractivity contribution in [1.82, 2.24) is 9.97 Å². The van der Waals surface area contributed by atoms with Crippen LogP contribution in [0, 0.1) is 6.92 Å². The number of hydrogen-bond acceptors (Lipinski definition) is 4. The van der Waals surface area contributed by atoms with Crippen molar-refractivity contribution in [3.63, 3.8) is 0 Å². The number of hydrogen-bond donors (Lipinski definition) is 1. The summed E-state index contributed by atoms with van der Waals surface area (Å²) in [5, 5.41) is 4.98. The Hall–Kier alpha value is -0.940. The van der Waals surface area contributed by atoms with Gasteiger partial charge in [0.05, 0.1) is 10.6 Å². The largest absolute Gasteiger partial charge is 0.357 e. The van der Waals surface area contributed by atoms with E-state index in [4.69, 9.17) is 0 Å². The highest BCUT2D eigenvalue weighted by molar-refractivity contribution is 9.10. The first kappa shape index (κ1) is 10.6. The van der Waals surface area contributed by atoms with Crippen molar-refractivity contribution in [2.75, 3.05) is 12.4 Å². The van der Waals surface area contributed by atoms with Crippen LogP contribution >= 0.6 is 27.3 Å². The summed E-state index contributed by atoms with van der Waals surface area (Å²) in [4.78, 5) is 9.76. The molecule has 0 fully saturated rings. The molecule has 0 radical (unpaired) electrons. The predicted octanol–water partition coefficient (Wildman–Crippen LogP) is 3.32. The van der Waals surface area contributed by atoms with Crippen LogP contribution in [-0.2, 0) is 0 Å². The summed E-state index contributed by atoms with van der Waals surface area (Å²) in [6.45, 7) is 2.01. The van der Waals surface area contributed by atoms with E-state index < -0.39 is 0 Å². The van der Waals surface area contributed by atoms with E-state index in [1.54, 1.807) is 11.3 Å². The van der Waals surface area contributed by atoms with Gasteiger partial charge in [0.2, 0.25) is 5.95 Å². The maximum absolute atomic E-state index is 4.45. The van der Waals surface area contributed by atoms with Gasteiger partial charge in [-0.25, -0.2) is 9.97 Å². The summed E-state index contributed by atoms with van der Waals surface area (Å²) in [7, 11) is 1.82. The summed E-state index contributed by atoms with van der Waals surface area (Å²) in [6, 6.07) is 2.03. The van der Waals surface area contributed by atoms with Crippen molar-refractivity contribution >= 4 is 33.2 Å². The number of rotatable bonds is 2. The molecule has 0 aromatic carbocycles. The zero-order chi connectivity index (χ0) is 10.8. The normalized spacial score (nSPS) is 10.3. The highest BCUT2D eigenvalue weighted by atomic mass is 79.9. The van der Waals surface area contributed by atoms with Crippen molar-refractivity contribution in [3.05, 3.63) is 27.7 Å². The van der Waals surface area contributed by atoms with Crippen LogP contribution in [0.2, 0.25) is 0 Å². The highest BCUT2D eigenvalue weighted by Crippen LogP contribution is 2.34. The molecule has 2 aromatic rings. The minimum atomic E-state index is 0.649. The first-order valence-electron chi connectivity index (χ1n) is 4.47. The standard InChI is InChI=1S/C10H10BrN3S/c1-6-5-13-10(12-2)14-8(6)9-7(11)3-4-15-9/h3-5H,1-2H3,(H,12,13,14). The monoisotopic (exact) mass is 283 g/mol. The van der Waals surface area contributed by atoms with Gasteiger partial charge in [-0.2, -0.15) is 0 Å². The molecule has 0 saturated heterocycles. The second-order valence-electron chi connectivity index (χ2n) is 3.07. The van der Waals surface area contributed by atoms with Crippen molar-refractivity contribution in [2.24, 2.45) is 0 Å². The van der Waals surface area contributed by atoms with Gasteiger partial charge in [0, 0.05) is 17.7 Å². The molecule has 78 valence electrons. The quantitative estimate of drug-likeness (QED) is 0.919. The SMILES string of the molecule is CNc1ncc(C)c(-c2sccc2Br)n1. The summed E-state index contributed by atoms with van der Waals surface area (Å²) in [5.41, 5.74) is 2.06. The van der Waals surface area contributed by atoms with Crippen LogP contribution in [0.4, 0.5) is 5.95 Å². The second kappa shape index (κ2) is 4.28. The van der Waals surface area contributed by atoms with Crippen LogP contribution in [0.5, 0.6) is 0 Å². The van der Waals surface area contributed by atoms with Crippen LogP contribution in [0.25, 0.3) is 10.6 Å². The van der Waals surface area contributed by atoms with Crippen LogP contribution in [0.15, 0.2) is 22.1 Å². The molecule has 0 unspecified atom stereocenters. The summed E-state index contributed by atoms with van der Waals surface area (Å²) >= 11 is 5.18. The maximum atomic E-state index is 4.45. The van der Waals surface area contributed by atoms with Gasteiger partial charge in [-0.1, -0.05) is 0 Å². The minimum absolute atomic E-state index is 0.649. The van der Waals surface area contributed by atoms with Gasteiger partial charge >= 0.3 is 0 Å². The Bertz CT molecular complexity index is 481. The lowest BCUT2D eigenvalue weighted by molar-refractivity contribution is 1.13. The molecule has 0 atom stereocenters. The van der Waals surface area contributed by atoms with E-state index in [2.05, 4.69) is 31.2 Å². The summed E-state index contributed by atoms with van der Waals surface area (Å²) < 4.78 is 1.08. The van der Waals surface area contributed by atoms with Crippen LogP contribution in [-0.4, -0.2) is 17.0 Å². The Morgan fingerprint density at radius 2 is 2.27 bits per heavy atom. The van der Waals surface area contributed by atoms with Gasteiger partial charge < -0.3 is 5.32 Å². The zero-order valence-electron chi connectivity index (χ0n) is 8.41. The Morgan fingerprint density at radius 1 is 1.47 bits per heavy atom. The molecule has 2 heterocycles. The molecule has 2 rings (SSSR count). The third-order valence-corrected chi connectivity index (χ3v) is 3.87. The van der Waals surface area contributed by atoms with Crippen molar-refractivity contribution < 1.29 is 0 Å². The minimum Gasteiger partial charge on any atom is -0.357 e. The van der Waals surface area contributed by atoms with E-state index in [1.165, 1.54) is 0 Å². The topological polar surface area (TPSA) is 37.8 Å². The fraction of sp³-hybridized carbons (Fsp3) is 0.200. The molecule has 5 heteroatoms. The third-order valence-electron chi connectivity index (χ3n) is 2.03. The van der Waals surface area contributed by atoms with Gasteiger partial charge in [0.15, 0.2) is 0 Å². The summed E-state index contributed by atoms with van der Waals surface area (Å²) in [6.07, 6.45) is 1.83. The van der Waals surface area contributed by atoms with E-state index in [-0.39, 0.29) is 0 Å². The Morgan fingerprint density at radius 3 is 2.87 bits per heavy atom. The Balaban J connectivity index is 2.56. The smallest absolute Gasteiger partial charge is 0.222 e. The lowest BCUT2D eigenvalue weighted by Crippen LogP contribution is -1.98. The molecule has 15 heavy (non-hydrogen) atoms. The fourth-order valence-electron chi connectivity index (χ4n) is 1.26. The van der Waals surface area contributed by atoms with E-state index in [0.717, 1.165) is 20.6 Å². The first-order valence-corrected chi connectivity index (χ1v) is 6.14. The number of aromatic nitrogens is 2. The predicted molar refractivity (Wildman–Crippen MR) is 67.3 cm³/mol.